The number of hydrogen-bond acceptors (Lipinski definition) is 4. The molecule has 2 rings (SSSR count). The van der Waals surface area contributed by atoms with Crippen LogP contribution in [0.25, 0.3) is 5.76 Å². The van der Waals surface area contributed by atoms with Crippen molar-refractivity contribution in [1.82, 2.24) is 0 Å². The highest BCUT2D eigenvalue weighted by Crippen LogP contribution is 2.31. The van der Waals surface area contributed by atoms with Crippen LogP contribution in [0.15, 0.2) is 48.0 Å². The van der Waals surface area contributed by atoms with Gasteiger partial charge < -0.3 is 9.47 Å². The molecule has 1 aromatic carbocycles. The number of esters is 1. The van der Waals surface area contributed by atoms with Gasteiger partial charge in [0.25, 0.3) is 0 Å². The Kier molecular flexibility index (Phi) is 3.05. The average molecular weight is 229 g/mol. The van der Waals surface area contributed by atoms with E-state index in [0.29, 0.717) is 11.7 Å². The van der Waals surface area contributed by atoms with Crippen molar-refractivity contribution in [2.75, 3.05) is 7.11 Å². The molecule has 4 heteroatoms. The summed E-state index contributed by atoms with van der Waals surface area (Å²) in [6.07, 6.45) is 2.78. The molecule has 0 saturated carbocycles. The van der Waals surface area contributed by atoms with E-state index in [-0.39, 0.29) is 0 Å². The fraction of sp³-hybridized carbons (Fsp3) is 0.0769. The zero-order valence-electron chi connectivity index (χ0n) is 9.34. The number of nitrogens with zero attached hydrogens (tertiary/aromatic N) is 1. The van der Waals surface area contributed by atoms with Crippen molar-refractivity contribution in [3.05, 3.63) is 48.6 Å². The Balaban J connectivity index is 2.50. The first kappa shape index (κ1) is 11.1. The topological polar surface area (TPSA) is 47.9 Å². The quantitative estimate of drug-likeness (QED) is 0.578. The normalized spacial score (nSPS) is 15.6. The third-order valence-corrected chi connectivity index (χ3v) is 2.24. The predicted octanol–water partition coefficient (Wildman–Crippen LogP) is 2.45. The van der Waals surface area contributed by atoms with E-state index in [0.717, 1.165) is 11.3 Å². The molecule has 1 heterocycles. The lowest BCUT2D eigenvalue weighted by molar-refractivity contribution is -0.134. The van der Waals surface area contributed by atoms with Gasteiger partial charge in [-0.1, -0.05) is 18.7 Å². The van der Waals surface area contributed by atoms with Crippen LogP contribution in [-0.4, -0.2) is 19.0 Å². The Labute approximate surface area is 98.9 Å². The van der Waals surface area contributed by atoms with E-state index in [4.69, 9.17) is 4.74 Å². The molecule has 1 aliphatic rings. The molecule has 1 aromatic rings. The molecule has 0 radical (unpaired) electrons. The van der Waals surface area contributed by atoms with Gasteiger partial charge in [-0.3, -0.25) is 0 Å². The number of hydrogen-bond donors (Lipinski definition) is 0. The highest BCUT2D eigenvalue weighted by Gasteiger charge is 2.17. The monoisotopic (exact) mass is 229 g/mol. The van der Waals surface area contributed by atoms with Crippen LogP contribution in [0.5, 0.6) is 0 Å². The minimum atomic E-state index is -0.472. The first-order valence-corrected chi connectivity index (χ1v) is 5.02. The van der Waals surface area contributed by atoms with Crippen LogP contribution >= 0.6 is 0 Å². The third kappa shape index (κ3) is 2.25. The third-order valence-electron chi connectivity index (χ3n) is 2.24. The van der Waals surface area contributed by atoms with Gasteiger partial charge in [-0.15, -0.1) is 0 Å². The summed E-state index contributed by atoms with van der Waals surface area (Å²) in [5.41, 5.74) is 1.49. The van der Waals surface area contributed by atoms with Crippen LogP contribution in [0.2, 0.25) is 0 Å². The largest absolute Gasteiger partial charge is 0.466 e. The Morgan fingerprint density at radius 1 is 1.47 bits per heavy atom. The molecule has 86 valence electrons. The SMILES string of the molecule is C=CC1=Nc2ccccc2/C(=C/C(=O)OC)O1. The molecular weight excluding hydrogens is 218 g/mol. The van der Waals surface area contributed by atoms with E-state index in [2.05, 4.69) is 16.3 Å². The van der Waals surface area contributed by atoms with Crippen molar-refractivity contribution in [3.63, 3.8) is 0 Å². The Morgan fingerprint density at radius 2 is 2.24 bits per heavy atom. The molecule has 17 heavy (non-hydrogen) atoms. The lowest BCUT2D eigenvalue weighted by Crippen LogP contribution is -2.08. The van der Waals surface area contributed by atoms with Crippen LogP contribution in [0, 0.1) is 0 Å². The van der Waals surface area contributed by atoms with E-state index in [1.807, 2.05) is 24.3 Å². The Bertz CT molecular complexity index is 529. The summed E-state index contributed by atoms with van der Waals surface area (Å²) < 4.78 is 10.0. The van der Waals surface area contributed by atoms with E-state index in [1.54, 1.807) is 0 Å². The van der Waals surface area contributed by atoms with Crippen molar-refractivity contribution < 1.29 is 14.3 Å². The summed E-state index contributed by atoms with van der Waals surface area (Å²) >= 11 is 0. The highest BCUT2D eigenvalue weighted by molar-refractivity contribution is 6.01. The average Bonchev–Trinajstić information content (AvgIpc) is 2.38. The second-order valence-corrected chi connectivity index (χ2v) is 3.31. The molecule has 0 aliphatic carbocycles. The predicted molar refractivity (Wildman–Crippen MR) is 64.8 cm³/mol. The molecule has 4 nitrogen and oxygen atoms in total. The standard InChI is InChI=1S/C13H11NO3/c1-3-12-14-10-7-5-4-6-9(10)11(17-12)8-13(15)16-2/h3-8H,1H2,2H3/b11-8-. The molecule has 0 saturated heterocycles. The van der Waals surface area contributed by atoms with Gasteiger partial charge in [0.1, 0.15) is 5.76 Å². The lowest BCUT2D eigenvalue weighted by Gasteiger charge is -2.17. The van der Waals surface area contributed by atoms with Crippen molar-refractivity contribution in [2.24, 2.45) is 4.99 Å². The van der Waals surface area contributed by atoms with E-state index in [1.165, 1.54) is 19.3 Å². The molecule has 0 spiro atoms. The maximum Gasteiger partial charge on any atom is 0.334 e. The van der Waals surface area contributed by atoms with Gasteiger partial charge in [0.15, 0.2) is 0 Å². The number of aliphatic imine (C=N–C) groups is 1. The minimum absolute atomic E-state index is 0.360. The number of methoxy groups -OCH3 is 1. The van der Waals surface area contributed by atoms with Crippen molar-refractivity contribution in [2.45, 2.75) is 0 Å². The number of fused-ring (bicyclic) bond motifs is 1. The van der Waals surface area contributed by atoms with Crippen LogP contribution in [-0.2, 0) is 14.3 Å². The van der Waals surface area contributed by atoms with Gasteiger partial charge in [0.2, 0.25) is 5.90 Å². The number of para-hydroxylation sites is 1. The molecule has 1 aliphatic heterocycles. The van der Waals surface area contributed by atoms with Gasteiger partial charge in [-0.25, -0.2) is 9.79 Å². The van der Waals surface area contributed by atoms with Crippen molar-refractivity contribution >= 4 is 23.3 Å². The second kappa shape index (κ2) is 4.65. The van der Waals surface area contributed by atoms with Crippen molar-refractivity contribution in [1.29, 1.82) is 0 Å². The first-order valence-electron chi connectivity index (χ1n) is 5.02. The van der Waals surface area contributed by atoms with Crippen LogP contribution in [0.1, 0.15) is 5.56 Å². The van der Waals surface area contributed by atoms with Gasteiger partial charge in [-0.2, -0.15) is 0 Å². The van der Waals surface area contributed by atoms with E-state index < -0.39 is 5.97 Å². The molecule has 0 bridgehead atoms. The Morgan fingerprint density at radius 3 is 2.94 bits per heavy atom. The molecule has 0 atom stereocenters. The zero-order chi connectivity index (χ0) is 12.3. The van der Waals surface area contributed by atoms with Crippen LogP contribution in [0.4, 0.5) is 5.69 Å². The number of rotatable bonds is 2. The van der Waals surface area contributed by atoms with Crippen molar-refractivity contribution in [3.8, 4) is 0 Å². The smallest absolute Gasteiger partial charge is 0.334 e. The molecule has 0 fully saturated rings. The minimum Gasteiger partial charge on any atom is -0.466 e. The molecular formula is C13H11NO3. The Hall–Kier alpha value is -2.36. The maximum absolute atomic E-state index is 11.2. The van der Waals surface area contributed by atoms with Gasteiger partial charge in [0.05, 0.1) is 18.9 Å². The second-order valence-electron chi connectivity index (χ2n) is 3.31. The summed E-state index contributed by atoms with van der Waals surface area (Å²) in [6.45, 7) is 3.59. The number of carbonyl (C=O) groups excluding carboxylic acids is 1. The van der Waals surface area contributed by atoms with E-state index >= 15 is 0 Å². The molecule has 0 N–H and O–H groups in total. The number of ether oxygens (including phenoxy) is 2. The summed E-state index contributed by atoms with van der Waals surface area (Å²) in [7, 11) is 1.32. The molecule has 0 unspecified atom stereocenters. The fourth-order valence-corrected chi connectivity index (χ4v) is 1.45. The van der Waals surface area contributed by atoms with Gasteiger partial charge >= 0.3 is 5.97 Å². The number of carbonyl (C=O) groups is 1. The summed E-state index contributed by atoms with van der Waals surface area (Å²) in [4.78, 5) is 15.5. The van der Waals surface area contributed by atoms with E-state index in [9.17, 15) is 4.79 Å². The molecule has 0 amide bonds. The first-order chi connectivity index (χ1) is 8.24. The highest BCUT2D eigenvalue weighted by atomic mass is 16.5. The molecule has 0 aromatic heterocycles. The summed E-state index contributed by atoms with van der Waals surface area (Å²) in [5, 5.41) is 0. The van der Waals surface area contributed by atoms with Gasteiger partial charge in [-0.05, 0) is 18.2 Å². The maximum atomic E-state index is 11.2. The van der Waals surface area contributed by atoms with Crippen LogP contribution in [0.3, 0.4) is 0 Å². The summed E-state index contributed by atoms with van der Waals surface area (Å²) in [6, 6.07) is 7.38. The zero-order valence-corrected chi connectivity index (χ0v) is 9.34. The fourth-order valence-electron chi connectivity index (χ4n) is 1.45. The van der Waals surface area contributed by atoms with Crippen LogP contribution < -0.4 is 0 Å². The lowest BCUT2D eigenvalue weighted by atomic mass is 10.1. The van der Waals surface area contributed by atoms with Gasteiger partial charge in [0, 0.05) is 5.56 Å². The summed E-state index contributed by atoms with van der Waals surface area (Å²) in [5.74, 6) is 0.302. The number of benzene rings is 1.